The summed E-state index contributed by atoms with van der Waals surface area (Å²) in [6.45, 7) is 5.71. The second kappa shape index (κ2) is 9.23. The largest absolute Gasteiger partial charge is 0.497 e. The number of aromatic nitrogens is 1. The number of hydrogen-bond donors (Lipinski definition) is 0. The molecule has 0 fully saturated rings. The third kappa shape index (κ3) is 4.01. The summed E-state index contributed by atoms with van der Waals surface area (Å²) in [5, 5.41) is 0.562. The molecule has 7 heteroatoms. The first kappa shape index (κ1) is 23.4. The van der Waals surface area contributed by atoms with Crippen molar-refractivity contribution in [1.29, 1.82) is 0 Å². The fourth-order valence-corrected chi connectivity index (χ4v) is 4.42. The normalized spacial score (nSPS) is 14.8. The van der Waals surface area contributed by atoms with E-state index >= 15 is 0 Å². The highest BCUT2D eigenvalue weighted by molar-refractivity contribution is 6.30. The van der Waals surface area contributed by atoms with E-state index in [0.29, 0.717) is 16.4 Å². The molecule has 6 nitrogen and oxygen atoms in total. The molecule has 2 heterocycles. The Morgan fingerprint density at radius 3 is 2.15 bits per heavy atom. The summed E-state index contributed by atoms with van der Waals surface area (Å²) >= 11 is 6.02. The van der Waals surface area contributed by atoms with Crippen LogP contribution in [0.15, 0.2) is 71.4 Å². The van der Waals surface area contributed by atoms with Gasteiger partial charge in [0.1, 0.15) is 5.75 Å². The molecule has 0 saturated heterocycles. The molecule has 2 aromatic carbocycles. The smallest absolute Gasteiger partial charge is 0.340 e. The van der Waals surface area contributed by atoms with Crippen molar-refractivity contribution < 1.29 is 19.1 Å². The summed E-state index contributed by atoms with van der Waals surface area (Å²) < 4.78 is 12.4. The quantitative estimate of drug-likeness (QED) is 0.353. The Hall–Kier alpha value is -3.77. The molecule has 0 saturated carbocycles. The van der Waals surface area contributed by atoms with Crippen molar-refractivity contribution in [2.24, 2.45) is 0 Å². The zero-order valence-corrected chi connectivity index (χ0v) is 20.4. The Morgan fingerprint density at radius 1 is 0.941 bits per heavy atom. The minimum Gasteiger partial charge on any atom is -0.497 e. The molecule has 0 N–H and O–H groups in total. The lowest BCUT2D eigenvalue weighted by Gasteiger charge is -2.17. The number of methoxy groups -OCH3 is 2. The number of halogens is 1. The standard InChI is InChI=1S/C27H25ClN2O4/c1-16-14-19(17(2)29(16)21-10-12-23(33-4)13-11-21)15-24-25(27(32)34-5)18(3)30(26(24)31)22-8-6-20(28)7-9-22/h6-15H,1-5H3/b24-15+. The average molecular weight is 477 g/mol. The zero-order chi connectivity index (χ0) is 24.6. The van der Waals surface area contributed by atoms with Gasteiger partial charge in [0.2, 0.25) is 0 Å². The minimum atomic E-state index is -0.558. The highest BCUT2D eigenvalue weighted by atomic mass is 35.5. The SMILES string of the molecule is COC(=O)C1=C(C)N(c2ccc(Cl)cc2)C(=O)/C1=C/c1cc(C)n(-c2ccc(OC)cc2)c1C. The lowest BCUT2D eigenvalue weighted by atomic mass is 10.0. The van der Waals surface area contributed by atoms with Gasteiger partial charge in [-0.3, -0.25) is 9.69 Å². The number of anilines is 1. The van der Waals surface area contributed by atoms with Crippen LogP contribution in [0.25, 0.3) is 11.8 Å². The number of hydrogen-bond acceptors (Lipinski definition) is 4. The Morgan fingerprint density at radius 2 is 1.56 bits per heavy atom. The van der Waals surface area contributed by atoms with Gasteiger partial charge >= 0.3 is 5.97 Å². The van der Waals surface area contributed by atoms with E-state index in [1.807, 2.05) is 44.2 Å². The molecule has 0 bridgehead atoms. The molecular weight excluding hydrogens is 452 g/mol. The van der Waals surface area contributed by atoms with Crippen LogP contribution in [0.4, 0.5) is 5.69 Å². The van der Waals surface area contributed by atoms with E-state index in [9.17, 15) is 9.59 Å². The minimum absolute atomic E-state index is 0.247. The first-order valence-corrected chi connectivity index (χ1v) is 11.1. The Balaban J connectivity index is 1.82. The van der Waals surface area contributed by atoms with E-state index in [-0.39, 0.29) is 17.1 Å². The molecule has 0 radical (unpaired) electrons. The van der Waals surface area contributed by atoms with E-state index in [1.165, 1.54) is 12.0 Å². The third-order valence-electron chi connectivity index (χ3n) is 5.98. The third-order valence-corrected chi connectivity index (χ3v) is 6.23. The first-order chi connectivity index (χ1) is 16.3. The van der Waals surface area contributed by atoms with Gasteiger partial charge < -0.3 is 14.0 Å². The van der Waals surface area contributed by atoms with Crippen LogP contribution in [-0.2, 0) is 14.3 Å². The molecule has 3 aromatic rings. The van der Waals surface area contributed by atoms with Crippen LogP contribution in [0, 0.1) is 13.8 Å². The highest BCUT2D eigenvalue weighted by Gasteiger charge is 2.38. The zero-order valence-electron chi connectivity index (χ0n) is 19.7. The Labute approximate surface area is 203 Å². The van der Waals surface area contributed by atoms with Gasteiger partial charge in [-0.25, -0.2) is 4.79 Å². The second-order valence-electron chi connectivity index (χ2n) is 7.99. The predicted molar refractivity (Wildman–Crippen MR) is 133 cm³/mol. The fourth-order valence-electron chi connectivity index (χ4n) is 4.30. The van der Waals surface area contributed by atoms with Crippen LogP contribution >= 0.6 is 11.6 Å². The van der Waals surface area contributed by atoms with Crippen molar-refractivity contribution in [3.05, 3.63) is 93.4 Å². The van der Waals surface area contributed by atoms with Crippen LogP contribution in [0.5, 0.6) is 5.75 Å². The molecule has 0 aliphatic carbocycles. The van der Waals surface area contributed by atoms with E-state index in [2.05, 4.69) is 4.57 Å². The number of carbonyl (C=O) groups is 2. The monoisotopic (exact) mass is 476 g/mol. The van der Waals surface area contributed by atoms with Crippen molar-refractivity contribution in [3.8, 4) is 11.4 Å². The summed E-state index contributed by atoms with van der Waals surface area (Å²) in [5.41, 5.74) is 5.41. The van der Waals surface area contributed by atoms with Gasteiger partial charge in [-0.05, 0) is 87.0 Å². The number of esters is 1. The van der Waals surface area contributed by atoms with E-state index in [4.69, 9.17) is 21.1 Å². The van der Waals surface area contributed by atoms with Crippen LogP contribution < -0.4 is 9.64 Å². The number of nitrogens with zero attached hydrogens (tertiary/aromatic N) is 2. The van der Waals surface area contributed by atoms with Crippen molar-refractivity contribution in [2.75, 3.05) is 19.1 Å². The molecule has 174 valence electrons. The van der Waals surface area contributed by atoms with Gasteiger partial charge in [-0.15, -0.1) is 0 Å². The number of carbonyl (C=O) groups excluding carboxylic acids is 2. The van der Waals surface area contributed by atoms with Gasteiger partial charge in [0, 0.05) is 33.5 Å². The number of benzene rings is 2. The summed E-state index contributed by atoms with van der Waals surface area (Å²) in [7, 11) is 2.94. The summed E-state index contributed by atoms with van der Waals surface area (Å²) in [5.74, 6) is -0.0808. The summed E-state index contributed by atoms with van der Waals surface area (Å²) in [4.78, 5) is 27.7. The number of aryl methyl sites for hydroxylation is 1. The number of ether oxygens (including phenoxy) is 2. The van der Waals surface area contributed by atoms with Gasteiger partial charge in [0.05, 0.1) is 25.4 Å². The van der Waals surface area contributed by atoms with E-state index < -0.39 is 5.97 Å². The summed E-state index contributed by atoms with van der Waals surface area (Å²) in [6, 6.07) is 16.7. The highest BCUT2D eigenvalue weighted by Crippen LogP contribution is 2.36. The molecule has 1 aliphatic heterocycles. The molecule has 34 heavy (non-hydrogen) atoms. The molecule has 1 aromatic heterocycles. The van der Waals surface area contributed by atoms with E-state index in [1.54, 1.807) is 44.4 Å². The molecule has 0 unspecified atom stereocenters. The van der Waals surface area contributed by atoms with Crippen molar-refractivity contribution >= 4 is 35.2 Å². The first-order valence-electron chi connectivity index (χ1n) is 10.7. The molecular formula is C27H25ClN2O4. The molecule has 1 amide bonds. The van der Waals surface area contributed by atoms with Crippen LogP contribution in [0.2, 0.25) is 5.02 Å². The fraction of sp³-hybridized carbons (Fsp3) is 0.185. The van der Waals surface area contributed by atoms with Crippen LogP contribution in [0.1, 0.15) is 23.9 Å². The van der Waals surface area contributed by atoms with E-state index in [0.717, 1.165) is 28.4 Å². The number of rotatable bonds is 5. The topological polar surface area (TPSA) is 60.8 Å². The van der Waals surface area contributed by atoms with Gasteiger partial charge in [-0.1, -0.05) is 11.6 Å². The van der Waals surface area contributed by atoms with Crippen molar-refractivity contribution in [2.45, 2.75) is 20.8 Å². The Bertz CT molecular complexity index is 1330. The van der Waals surface area contributed by atoms with Crippen LogP contribution in [-0.4, -0.2) is 30.7 Å². The summed E-state index contributed by atoms with van der Waals surface area (Å²) in [6.07, 6.45) is 1.76. The lowest BCUT2D eigenvalue weighted by Crippen LogP contribution is -2.24. The maximum Gasteiger partial charge on any atom is 0.340 e. The molecule has 1 aliphatic rings. The van der Waals surface area contributed by atoms with Gasteiger partial charge in [-0.2, -0.15) is 0 Å². The maximum absolute atomic E-state index is 13.5. The van der Waals surface area contributed by atoms with Gasteiger partial charge in [0.15, 0.2) is 0 Å². The molecule has 0 spiro atoms. The van der Waals surface area contributed by atoms with Crippen LogP contribution in [0.3, 0.4) is 0 Å². The lowest BCUT2D eigenvalue weighted by molar-refractivity contribution is -0.136. The number of allylic oxidation sites excluding steroid dienone is 1. The van der Waals surface area contributed by atoms with Crippen molar-refractivity contribution in [3.63, 3.8) is 0 Å². The second-order valence-corrected chi connectivity index (χ2v) is 8.42. The number of amides is 1. The molecule has 0 atom stereocenters. The Kier molecular flexibility index (Phi) is 6.35. The van der Waals surface area contributed by atoms with Gasteiger partial charge in [0.25, 0.3) is 5.91 Å². The predicted octanol–water partition coefficient (Wildman–Crippen LogP) is 5.63. The maximum atomic E-state index is 13.5. The molecule has 4 rings (SSSR count). The average Bonchev–Trinajstić information content (AvgIpc) is 3.25. The van der Waals surface area contributed by atoms with Crippen molar-refractivity contribution in [1.82, 2.24) is 4.57 Å².